The number of nitrogens with zero attached hydrogens (tertiary/aromatic N) is 2. The topological polar surface area (TPSA) is 91.8 Å². The van der Waals surface area contributed by atoms with E-state index < -0.39 is 18.1 Å². The second kappa shape index (κ2) is 5.46. The summed E-state index contributed by atoms with van der Waals surface area (Å²) in [5.41, 5.74) is 0. The molecule has 1 aromatic heterocycles. The number of piperazine rings is 1. The molecular weight excluding hydrogens is 238 g/mol. The number of aromatic nitrogens is 1. The molecule has 0 spiro atoms. The Morgan fingerprint density at radius 3 is 3.06 bits per heavy atom. The Morgan fingerprint density at radius 2 is 2.39 bits per heavy atom. The highest BCUT2D eigenvalue weighted by Gasteiger charge is 2.28. The van der Waals surface area contributed by atoms with Gasteiger partial charge in [-0.2, -0.15) is 0 Å². The third kappa shape index (κ3) is 2.95. The summed E-state index contributed by atoms with van der Waals surface area (Å²) in [6.07, 6.45) is 2.44. The van der Waals surface area contributed by atoms with Gasteiger partial charge in [-0.05, 0) is 12.1 Å². The Bertz CT molecular complexity index is 437. The van der Waals surface area contributed by atoms with Crippen molar-refractivity contribution in [2.24, 2.45) is 0 Å². The maximum absolute atomic E-state index is 11.8. The molecule has 0 bridgehead atoms. The lowest BCUT2D eigenvalue weighted by atomic mass is 10.2. The van der Waals surface area contributed by atoms with Crippen LogP contribution in [0.25, 0.3) is 0 Å². The zero-order valence-electron chi connectivity index (χ0n) is 9.57. The van der Waals surface area contributed by atoms with Gasteiger partial charge in [0.2, 0.25) is 0 Å². The summed E-state index contributed by atoms with van der Waals surface area (Å²) >= 11 is 0. The van der Waals surface area contributed by atoms with Gasteiger partial charge in [-0.3, -0.25) is 9.78 Å². The Balaban J connectivity index is 1.95. The van der Waals surface area contributed by atoms with Gasteiger partial charge in [0.15, 0.2) is 5.75 Å². The maximum atomic E-state index is 11.8. The average Bonchev–Trinajstić information content (AvgIpc) is 2.40. The van der Waals surface area contributed by atoms with Crippen molar-refractivity contribution in [1.82, 2.24) is 15.2 Å². The zero-order valence-corrected chi connectivity index (χ0v) is 9.57. The van der Waals surface area contributed by atoms with E-state index in [2.05, 4.69) is 10.3 Å². The number of rotatable bonds is 2. The number of nitrogens with one attached hydrogen (secondary N) is 1. The van der Waals surface area contributed by atoms with Gasteiger partial charge in [-0.1, -0.05) is 0 Å². The molecule has 1 amide bonds. The van der Waals surface area contributed by atoms with Crippen molar-refractivity contribution >= 4 is 12.1 Å². The molecule has 1 aliphatic rings. The molecule has 7 heteroatoms. The van der Waals surface area contributed by atoms with E-state index in [1.807, 2.05) is 0 Å². The number of pyridine rings is 1. The number of carbonyl (C=O) groups excluding carboxylic acids is 1. The van der Waals surface area contributed by atoms with Gasteiger partial charge in [0.25, 0.3) is 0 Å². The Labute approximate surface area is 103 Å². The fraction of sp³-hybridized carbons (Fsp3) is 0.364. The molecule has 0 aliphatic carbocycles. The Kier molecular flexibility index (Phi) is 3.73. The molecule has 0 saturated carbocycles. The highest BCUT2D eigenvalue weighted by molar-refractivity contribution is 5.76. The van der Waals surface area contributed by atoms with Gasteiger partial charge in [0.1, 0.15) is 6.04 Å². The fourth-order valence-corrected chi connectivity index (χ4v) is 1.65. The number of hydrogen-bond acceptors (Lipinski definition) is 5. The number of hydrogen-bond donors (Lipinski definition) is 2. The van der Waals surface area contributed by atoms with E-state index in [1.54, 1.807) is 18.3 Å². The molecule has 1 saturated heterocycles. The third-order valence-electron chi connectivity index (χ3n) is 2.57. The van der Waals surface area contributed by atoms with Crippen molar-refractivity contribution in [1.29, 1.82) is 0 Å². The van der Waals surface area contributed by atoms with Gasteiger partial charge in [-0.15, -0.1) is 0 Å². The van der Waals surface area contributed by atoms with E-state index in [0.717, 1.165) is 0 Å². The summed E-state index contributed by atoms with van der Waals surface area (Å²) in [5.74, 6) is -0.637. The molecule has 1 fully saturated rings. The van der Waals surface area contributed by atoms with Crippen LogP contribution in [-0.2, 0) is 4.79 Å². The maximum Gasteiger partial charge on any atom is 0.415 e. The van der Waals surface area contributed by atoms with Crippen LogP contribution in [-0.4, -0.2) is 52.7 Å². The van der Waals surface area contributed by atoms with E-state index in [0.29, 0.717) is 18.8 Å². The molecule has 2 rings (SSSR count). The van der Waals surface area contributed by atoms with Crippen molar-refractivity contribution in [3.63, 3.8) is 0 Å². The van der Waals surface area contributed by atoms with Crippen molar-refractivity contribution < 1.29 is 19.4 Å². The van der Waals surface area contributed by atoms with Crippen LogP contribution in [0.15, 0.2) is 24.5 Å². The SMILES string of the molecule is O=C(O)C1CN(C(=O)Oc2cccnc2)CCN1. The number of ether oxygens (including phenoxy) is 1. The van der Waals surface area contributed by atoms with E-state index >= 15 is 0 Å². The van der Waals surface area contributed by atoms with E-state index in [9.17, 15) is 9.59 Å². The van der Waals surface area contributed by atoms with Crippen molar-refractivity contribution in [2.75, 3.05) is 19.6 Å². The monoisotopic (exact) mass is 251 g/mol. The second-order valence-electron chi connectivity index (χ2n) is 3.85. The number of aliphatic carboxylic acids is 1. The lowest BCUT2D eigenvalue weighted by Crippen LogP contribution is -2.56. The normalized spacial score (nSPS) is 19.3. The first kappa shape index (κ1) is 12.3. The van der Waals surface area contributed by atoms with Crippen LogP contribution >= 0.6 is 0 Å². The van der Waals surface area contributed by atoms with Gasteiger partial charge in [-0.25, -0.2) is 4.79 Å². The largest absolute Gasteiger partial charge is 0.480 e. The molecule has 0 radical (unpaired) electrons. The zero-order chi connectivity index (χ0) is 13.0. The molecule has 2 N–H and O–H groups in total. The van der Waals surface area contributed by atoms with Crippen LogP contribution in [0.2, 0.25) is 0 Å². The van der Waals surface area contributed by atoms with Gasteiger partial charge in [0, 0.05) is 19.3 Å². The quantitative estimate of drug-likeness (QED) is 0.765. The van der Waals surface area contributed by atoms with Crippen molar-refractivity contribution in [3.05, 3.63) is 24.5 Å². The van der Waals surface area contributed by atoms with Crippen LogP contribution in [0.4, 0.5) is 4.79 Å². The number of carbonyl (C=O) groups is 2. The van der Waals surface area contributed by atoms with E-state index in [1.165, 1.54) is 11.1 Å². The predicted octanol–water partition coefficient (Wildman–Crippen LogP) is -0.0612. The summed E-state index contributed by atoms with van der Waals surface area (Å²) in [4.78, 5) is 27.8. The number of carboxylic acids is 1. The molecule has 0 aromatic carbocycles. The van der Waals surface area contributed by atoms with Crippen LogP contribution in [0.5, 0.6) is 5.75 Å². The predicted molar refractivity (Wildman–Crippen MR) is 61.3 cm³/mol. The highest BCUT2D eigenvalue weighted by atomic mass is 16.6. The van der Waals surface area contributed by atoms with Crippen LogP contribution < -0.4 is 10.1 Å². The molecule has 7 nitrogen and oxygen atoms in total. The van der Waals surface area contributed by atoms with Crippen molar-refractivity contribution in [2.45, 2.75) is 6.04 Å². The Hall–Kier alpha value is -2.15. The van der Waals surface area contributed by atoms with Crippen LogP contribution in [0, 0.1) is 0 Å². The van der Waals surface area contributed by atoms with Crippen molar-refractivity contribution in [3.8, 4) is 5.75 Å². The summed E-state index contributed by atoms with van der Waals surface area (Å²) in [6, 6.07) is 2.52. The first-order chi connectivity index (χ1) is 8.66. The standard InChI is InChI=1S/C11H13N3O4/c15-10(16)9-7-14(5-4-13-9)11(17)18-8-2-1-3-12-6-8/h1-3,6,9,13H,4-5,7H2,(H,15,16). The van der Waals surface area contributed by atoms with E-state index in [-0.39, 0.29) is 6.54 Å². The summed E-state index contributed by atoms with van der Waals surface area (Å²) in [6.45, 7) is 0.941. The summed E-state index contributed by atoms with van der Waals surface area (Å²) in [5, 5.41) is 11.7. The highest BCUT2D eigenvalue weighted by Crippen LogP contribution is 2.09. The number of carboxylic acid groups (broad SMARTS) is 1. The summed E-state index contributed by atoms with van der Waals surface area (Å²) in [7, 11) is 0. The fourth-order valence-electron chi connectivity index (χ4n) is 1.65. The lowest BCUT2D eigenvalue weighted by molar-refractivity contribution is -0.140. The molecule has 96 valence electrons. The van der Waals surface area contributed by atoms with Gasteiger partial charge < -0.3 is 20.1 Å². The van der Waals surface area contributed by atoms with E-state index in [4.69, 9.17) is 9.84 Å². The van der Waals surface area contributed by atoms with Gasteiger partial charge >= 0.3 is 12.1 Å². The minimum atomic E-state index is -0.978. The van der Waals surface area contributed by atoms with Crippen LogP contribution in [0.3, 0.4) is 0 Å². The smallest absolute Gasteiger partial charge is 0.415 e. The summed E-state index contributed by atoms with van der Waals surface area (Å²) < 4.78 is 5.09. The minimum absolute atomic E-state index is 0.0917. The molecule has 18 heavy (non-hydrogen) atoms. The minimum Gasteiger partial charge on any atom is -0.480 e. The molecule has 1 aromatic rings. The van der Waals surface area contributed by atoms with Crippen LogP contribution in [0.1, 0.15) is 0 Å². The Morgan fingerprint density at radius 1 is 1.56 bits per heavy atom. The van der Waals surface area contributed by atoms with Gasteiger partial charge in [0.05, 0.1) is 12.7 Å². The molecule has 1 atom stereocenters. The second-order valence-corrected chi connectivity index (χ2v) is 3.85. The molecular formula is C11H13N3O4. The lowest BCUT2D eigenvalue weighted by Gasteiger charge is -2.30. The molecule has 2 heterocycles. The first-order valence-electron chi connectivity index (χ1n) is 5.50. The number of amides is 1. The molecule has 1 unspecified atom stereocenters. The molecule has 1 aliphatic heterocycles. The third-order valence-corrected chi connectivity index (χ3v) is 2.57. The average molecular weight is 251 g/mol. The first-order valence-corrected chi connectivity index (χ1v) is 5.50.